The maximum atomic E-state index is 11.5. The summed E-state index contributed by atoms with van der Waals surface area (Å²) in [5.41, 5.74) is 2.88. The lowest BCUT2D eigenvalue weighted by atomic mass is 10.1. The van der Waals surface area contributed by atoms with E-state index in [2.05, 4.69) is 10.5 Å². The van der Waals surface area contributed by atoms with Crippen LogP contribution in [0.5, 0.6) is 0 Å². The predicted molar refractivity (Wildman–Crippen MR) is 57.7 cm³/mol. The average Bonchev–Trinajstić information content (AvgIpc) is 2.25. The zero-order valence-electron chi connectivity index (χ0n) is 8.43. The molecule has 1 aromatic rings. The third kappa shape index (κ3) is 4.17. The number of nitrogens with one attached hydrogen (secondary N) is 1. The van der Waals surface area contributed by atoms with Crippen molar-refractivity contribution < 1.29 is 9.59 Å². The highest BCUT2D eigenvalue weighted by Gasteiger charge is 2.01. The molecule has 0 aliphatic heterocycles. The fourth-order valence-electron chi connectivity index (χ4n) is 1.01. The van der Waals surface area contributed by atoms with E-state index in [1.807, 2.05) is 6.07 Å². The molecular weight excluding hydrogens is 192 g/mol. The van der Waals surface area contributed by atoms with Crippen molar-refractivity contribution in [1.29, 1.82) is 0 Å². The van der Waals surface area contributed by atoms with Crippen molar-refractivity contribution in [2.45, 2.75) is 13.3 Å². The smallest absolute Gasteiger partial charge is 0.236 e. The standard InChI is InChI=1S/C11H12N2O2/c1-9(14)13-12-8-7-11(15)10-5-3-2-4-6-10/h2-6,8H,7H2,1H3,(H,13,14)/b12-8-. The number of carbonyl (C=O) groups excluding carboxylic acids is 2. The van der Waals surface area contributed by atoms with Crippen molar-refractivity contribution in [1.82, 2.24) is 5.43 Å². The van der Waals surface area contributed by atoms with Crippen LogP contribution in [0.1, 0.15) is 23.7 Å². The minimum atomic E-state index is -0.251. The lowest BCUT2D eigenvalue weighted by Crippen LogP contribution is -2.12. The lowest BCUT2D eigenvalue weighted by Gasteiger charge is -1.95. The molecule has 15 heavy (non-hydrogen) atoms. The van der Waals surface area contributed by atoms with Crippen molar-refractivity contribution >= 4 is 17.9 Å². The van der Waals surface area contributed by atoms with E-state index < -0.39 is 0 Å². The second-order valence-corrected chi connectivity index (χ2v) is 2.97. The molecule has 0 aliphatic rings. The zero-order chi connectivity index (χ0) is 11.1. The molecule has 0 radical (unpaired) electrons. The number of ketones is 1. The Morgan fingerprint density at radius 1 is 1.33 bits per heavy atom. The summed E-state index contributed by atoms with van der Waals surface area (Å²) in [7, 11) is 0. The fourth-order valence-corrected chi connectivity index (χ4v) is 1.01. The molecule has 0 aromatic heterocycles. The Balaban J connectivity index is 2.44. The van der Waals surface area contributed by atoms with Crippen LogP contribution in [-0.2, 0) is 4.79 Å². The van der Waals surface area contributed by atoms with Crippen LogP contribution < -0.4 is 5.43 Å². The van der Waals surface area contributed by atoms with E-state index in [1.165, 1.54) is 13.1 Å². The number of amides is 1. The van der Waals surface area contributed by atoms with Gasteiger partial charge in [-0.1, -0.05) is 30.3 Å². The molecule has 0 fully saturated rings. The molecule has 0 spiro atoms. The summed E-state index contributed by atoms with van der Waals surface area (Å²) in [5, 5.41) is 3.59. The summed E-state index contributed by atoms with van der Waals surface area (Å²) in [4.78, 5) is 21.9. The van der Waals surface area contributed by atoms with Gasteiger partial charge in [0.05, 0.1) is 0 Å². The van der Waals surface area contributed by atoms with Crippen molar-refractivity contribution in [2.75, 3.05) is 0 Å². The fraction of sp³-hybridized carbons (Fsp3) is 0.182. The molecule has 4 nitrogen and oxygen atoms in total. The molecule has 0 saturated heterocycles. The number of hydrogen-bond acceptors (Lipinski definition) is 3. The summed E-state index contributed by atoms with van der Waals surface area (Å²) in [6.07, 6.45) is 1.57. The number of hydrogen-bond donors (Lipinski definition) is 1. The van der Waals surface area contributed by atoms with Gasteiger partial charge in [-0.05, 0) is 0 Å². The van der Waals surface area contributed by atoms with Crippen molar-refractivity contribution in [3.63, 3.8) is 0 Å². The van der Waals surface area contributed by atoms with Gasteiger partial charge in [-0.3, -0.25) is 9.59 Å². The Morgan fingerprint density at radius 2 is 2.00 bits per heavy atom. The summed E-state index contributed by atoms with van der Waals surface area (Å²) in [6, 6.07) is 8.95. The van der Waals surface area contributed by atoms with Gasteiger partial charge in [0, 0.05) is 25.1 Å². The van der Waals surface area contributed by atoms with Gasteiger partial charge in [-0.15, -0.1) is 0 Å². The zero-order valence-corrected chi connectivity index (χ0v) is 8.43. The molecule has 1 N–H and O–H groups in total. The SMILES string of the molecule is CC(=O)N/N=C\CC(=O)c1ccccc1. The first-order chi connectivity index (χ1) is 7.20. The molecule has 0 aliphatic carbocycles. The van der Waals surface area contributed by atoms with Crippen LogP contribution in [0.3, 0.4) is 0 Å². The van der Waals surface area contributed by atoms with Gasteiger partial charge in [0.25, 0.3) is 0 Å². The van der Waals surface area contributed by atoms with Gasteiger partial charge in [-0.2, -0.15) is 5.10 Å². The van der Waals surface area contributed by atoms with Crippen LogP contribution in [0.4, 0.5) is 0 Å². The van der Waals surface area contributed by atoms with E-state index >= 15 is 0 Å². The van der Waals surface area contributed by atoms with Crippen LogP contribution in [-0.4, -0.2) is 17.9 Å². The molecule has 4 heteroatoms. The highest BCUT2D eigenvalue weighted by molar-refractivity contribution is 6.03. The largest absolute Gasteiger partial charge is 0.294 e. The topological polar surface area (TPSA) is 58.5 Å². The predicted octanol–water partition coefficient (Wildman–Crippen LogP) is 1.38. The molecule has 0 unspecified atom stereocenters. The van der Waals surface area contributed by atoms with Gasteiger partial charge in [0.1, 0.15) is 0 Å². The van der Waals surface area contributed by atoms with Crippen LogP contribution in [0.2, 0.25) is 0 Å². The second-order valence-electron chi connectivity index (χ2n) is 2.97. The van der Waals surface area contributed by atoms with E-state index in [1.54, 1.807) is 24.3 Å². The van der Waals surface area contributed by atoms with Crippen LogP contribution in [0, 0.1) is 0 Å². The van der Waals surface area contributed by atoms with Crippen molar-refractivity contribution in [2.24, 2.45) is 5.10 Å². The van der Waals surface area contributed by atoms with E-state index in [0.717, 1.165) is 0 Å². The summed E-state index contributed by atoms with van der Waals surface area (Å²) in [5.74, 6) is -0.275. The molecule has 1 amide bonds. The van der Waals surface area contributed by atoms with Gasteiger partial charge in [0.2, 0.25) is 5.91 Å². The number of Topliss-reactive ketones (excluding diaryl/α,β-unsaturated/α-hetero) is 1. The first-order valence-electron chi connectivity index (χ1n) is 4.56. The Labute approximate surface area is 88.0 Å². The van der Waals surface area contributed by atoms with E-state index in [-0.39, 0.29) is 18.1 Å². The summed E-state index contributed by atoms with van der Waals surface area (Å²) >= 11 is 0. The minimum Gasteiger partial charge on any atom is -0.294 e. The number of nitrogens with zero attached hydrogens (tertiary/aromatic N) is 1. The Bertz CT molecular complexity index is 371. The first-order valence-corrected chi connectivity index (χ1v) is 4.56. The molecule has 1 aromatic carbocycles. The van der Waals surface area contributed by atoms with Crippen LogP contribution >= 0.6 is 0 Å². The van der Waals surface area contributed by atoms with E-state index in [9.17, 15) is 9.59 Å². The second kappa shape index (κ2) is 5.70. The Hall–Kier alpha value is -1.97. The van der Waals surface area contributed by atoms with Gasteiger partial charge >= 0.3 is 0 Å². The molecule has 0 bridgehead atoms. The van der Waals surface area contributed by atoms with Crippen molar-refractivity contribution in [3.05, 3.63) is 35.9 Å². The number of hydrazone groups is 1. The summed E-state index contributed by atoms with van der Waals surface area (Å²) < 4.78 is 0. The van der Waals surface area contributed by atoms with Crippen molar-refractivity contribution in [3.8, 4) is 0 Å². The van der Waals surface area contributed by atoms with Gasteiger partial charge < -0.3 is 0 Å². The third-order valence-corrected chi connectivity index (χ3v) is 1.69. The lowest BCUT2D eigenvalue weighted by molar-refractivity contribution is -0.118. The molecule has 0 heterocycles. The quantitative estimate of drug-likeness (QED) is 0.457. The Morgan fingerprint density at radius 3 is 2.60 bits per heavy atom. The normalized spacial score (nSPS) is 10.2. The van der Waals surface area contributed by atoms with Crippen LogP contribution in [0.25, 0.3) is 0 Å². The number of rotatable bonds is 4. The number of benzene rings is 1. The molecular formula is C11H12N2O2. The Kier molecular flexibility index (Phi) is 4.22. The van der Waals surface area contributed by atoms with E-state index in [4.69, 9.17) is 0 Å². The highest BCUT2D eigenvalue weighted by atomic mass is 16.2. The maximum absolute atomic E-state index is 11.5. The molecule has 1 rings (SSSR count). The first kappa shape index (κ1) is 11.1. The minimum absolute atomic E-state index is 0.0234. The monoisotopic (exact) mass is 204 g/mol. The third-order valence-electron chi connectivity index (χ3n) is 1.69. The van der Waals surface area contributed by atoms with E-state index in [0.29, 0.717) is 5.56 Å². The van der Waals surface area contributed by atoms with Gasteiger partial charge in [-0.25, -0.2) is 5.43 Å². The molecule has 0 atom stereocenters. The van der Waals surface area contributed by atoms with Crippen LogP contribution in [0.15, 0.2) is 35.4 Å². The highest BCUT2D eigenvalue weighted by Crippen LogP contribution is 2.01. The maximum Gasteiger partial charge on any atom is 0.236 e. The number of carbonyl (C=O) groups is 2. The average molecular weight is 204 g/mol. The summed E-state index contributed by atoms with van der Waals surface area (Å²) in [6.45, 7) is 1.36. The van der Waals surface area contributed by atoms with Gasteiger partial charge in [0.15, 0.2) is 5.78 Å². The molecule has 78 valence electrons. The molecule has 0 saturated carbocycles.